The van der Waals surface area contributed by atoms with Crippen molar-refractivity contribution >= 4 is 36.5 Å². The second kappa shape index (κ2) is 10.7. The van der Waals surface area contributed by atoms with Crippen molar-refractivity contribution in [3.63, 3.8) is 0 Å². The average Bonchev–Trinajstić information content (AvgIpc) is 2.70. The van der Waals surface area contributed by atoms with Crippen LogP contribution in [0.1, 0.15) is 109 Å². The van der Waals surface area contributed by atoms with Crippen molar-refractivity contribution in [1.82, 2.24) is 0 Å². The molecular weight excluding hydrogens is 526 g/mol. The summed E-state index contributed by atoms with van der Waals surface area (Å²) < 4.78 is -0.0366. The van der Waals surface area contributed by atoms with Crippen molar-refractivity contribution in [3.8, 4) is 5.75 Å². The number of aliphatic hydroxyl groups is 1. The first kappa shape index (κ1) is 27.6. The largest absolute Gasteiger partial charge is 0.507 e. The third-order valence-electron chi connectivity index (χ3n) is 6.47. The molecule has 0 amide bonds. The lowest BCUT2D eigenvalue weighted by atomic mass is 9.79. The lowest BCUT2D eigenvalue weighted by molar-refractivity contribution is 0.200. The Morgan fingerprint density at radius 1 is 1.00 bits per heavy atom. The number of aromatic hydroxyl groups is 1. The van der Waals surface area contributed by atoms with Gasteiger partial charge in [-0.1, -0.05) is 109 Å². The van der Waals surface area contributed by atoms with E-state index in [1.54, 1.807) is 0 Å². The summed E-state index contributed by atoms with van der Waals surface area (Å²) in [5, 5.41) is 23.2. The van der Waals surface area contributed by atoms with E-state index in [1.165, 1.54) is 10.9 Å². The van der Waals surface area contributed by atoms with E-state index in [1.807, 2.05) is 19.1 Å². The molecule has 0 aliphatic rings. The Morgan fingerprint density at radius 2 is 1.59 bits per heavy atom. The molecular formula is C28H42IO2P. The van der Waals surface area contributed by atoms with Gasteiger partial charge < -0.3 is 10.2 Å². The van der Waals surface area contributed by atoms with Crippen LogP contribution in [0.4, 0.5) is 0 Å². The Morgan fingerprint density at radius 3 is 2.09 bits per heavy atom. The van der Waals surface area contributed by atoms with E-state index in [-0.39, 0.29) is 14.0 Å². The summed E-state index contributed by atoms with van der Waals surface area (Å²) in [6.07, 6.45) is 3.70. The summed E-state index contributed by atoms with van der Waals surface area (Å²) in [4.78, 5) is 0. The summed E-state index contributed by atoms with van der Waals surface area (Å²) in [7, 11) is 0.478. The number of rotatable bonds is 9. The van der Waals surface area contributed by atoms with Crippen LogP contribution in [-0.4, -0.2) is 10.2 Å². The van der Waals surface area contributed by atoms with Gasteiger partial charge in [0.15, 0.2) is 0 Å². The molecule has 0 saturated carbocycles. The van der Waals surface area contributed by atoms with E-state index in [2.05, 4.69) is 95.3 Å². The van der Waals surface area contributed by atoms with Crippen molar-refractivity contribution < 1.29 is 10.2 Å². The summed E-state index contributed by atoms with van der Waals surface area (Å²) in [5.74, 6) is 0.460. The van der Waals surface area contributed by atoms with Gasteiger partial charge in [0.25, 0.3) is 0 Å². The molecule has 178 valence electrons. The molecule has 2 aromatic carbocycles. The zero-order valence-corrected chi connectivity index (χ0v) is 24.3. The standard InChI is InChI=1S/C28H42IO2P/c1-9-11-16-28(10-2,32-24-15-13-12-14-21(24)19(3)30)23-18-20(27(7,8)29)17-22(25(23)31)26(4,5)6/h12-15,17-19,30-32H,9-11,16H2,1-8H3. The average molecular weight is 569 g/mol. The van der Waals surface area contributed by atoms with Crippen LogP contribution < -0.4 is 5.30 Å². The highest BCUT2D eigenvalue weighted by atomic mass is 127. The minimum atomic E-state index is -0.502. The lowest BCUT2D eigenvalue weighted by Crippen LogP contribution is -2.27. The Bertz CT molecular complexity index is 909. The number of phenolic OH excluding ortho intramolecular Hbond substituents is 1. The second-order valence-electron chi connectivity index (χ2n) is 10.6. The van der Waals surface area contributed by atoms with Gasteiger partial charge in [-0.2, -0.15) is 0 Å². The monoisotopic (exact) mass is 568 g/mol. The van der Waals surface area contributed by atoms with Gasteiger partial charge >= 0.3 is 0 Å². The minimum Gasteiger partial charge on any atom is -0.507 e. The van der Waals surface area contributed by atoms with Crippen molar-refractivity contribution in [2.24, 2.45) is 0 Å². The first-order chi connectivity index (χ1) is 14.8. The van der Waals surface area contributed by atoms with E-state index >= 15 is 0 Å². The Labute approximate surface area is 211 Å². The topological polar surface area (TPSA) is 40.5 Å². The van der Waals surface area contributed by atoms with Gasteiger partial charge in [0, 0.05) is 14.1 Å². The minimum absolute atomic E-state index is 0.0366. The van der Waals surface area contributed by atoms with E-state index < -0.39 is 6.10 Å². The Hall–Kier alpha value is -0.640. The van der Waals surface area contributed by atoms with Gasteiger partial charge in [0.1, 0.15) is 5.75 Å². The highest BCUT2D eigenvalue weighted by Gasteiger charge is 2.37. The van der Waals surface area contributed by atoms with Crippen molar-refractivity contribution in [1.29, 1.82) is 0 Å². The van der Waals surface area contributed by atoms with Crippen LogP contribution in [0.5, 0.6) is 5.75 Å². The number of phenols is 1. The number of hydrogen-bond acceptors (Lipinski definition) is 2. The smallest absolute Gasteiger partial charge is 0.123 e. The number of benzene rings is 2. The van der Waals surface area contributed by atoms with Crippen LogP contribution in [0.2, 0.25) is 0 Å². The fourth-order valence-electron chi connectivity index (χ4n) is 4.35. The summed E-state index contributed by atoms with van der Waals surface area (Å²) in [5.41, 5.74) is 4.22. The number of hydrogen-bond donors (Lipinski definition) is 2. The maximum atomic E-state index is 11.7. The fourth-order valence-corrected chi connectivity index (χ4v) is 6.59. The van der Waals surface area contributed by atoms with Crippen LogP contribution in [0.15, 0.2) is 36.4 Å². The van der Waals surface area contributed by atoms with Crippen molar-refractivity contribution in [2.75, 3.05) is 0 Å². The van der Waals surface area contributed by atoms with Crippen LogP contribution in [0.3, 0.4) is 0 Å². The van der Waals surface area contributed by atoms with Crippen LogP contribution in [0.25, 0.3) is 0 Å². The second-order valence-corrected chi connectivity index (χ2v) is 15.0. The van der Waals surface area contributed by atoms with Gasteiger partial charge in [-0.15, -0.1) is 0 Å². The molecule has 2 N–H and O–H groups in total. The molecule has 2 rings (SSSR count). The van der Waals surface area contributed by atoms with Crippen LogP contribution >= 0.6 is 31.2 Å². The predicted octanol–water partition coefficient (Wildman–Crippen LogP) is 8.21. The predicted molar refractivity (Wildman–Crippen MR) is 150 cm³/mol. The van der Waals surface area contributed by atoms with E-state index in [0.29, 0.717) is 14.3 Å². The number of aliphatic hydroxyl groups excluding tert-OH is 1. The molecule has 0 aliphatic heterocycles. The number of alkyl halides is 1. The Kier molecular flexibility index (Phi) is 9.27. The SMILES string of the molecule is CCCCC(CC)(Pc1ccccc1C(C)O)c1cc(C(C)(C)I)cc(C(C)(C)C)c1O. The molecule has 0 radical (unpaired) electrons. The third kappa shape index (κ3) is 6.27. The molecule has 0 aromatic heterocycles. The third-order valence-corrected chi connectivity index (χ3v) is 9.16. The van der Waals surface area contributed by atoms with Crippen LogP contribution in [-0.2, 0) is 14.0 Å². The highest BCUT2D eigenvalue weighted by molar-refractivity contribution is 14.1. The quantitative estimate of drug-likeness (QED) is 0.182. The van der Waals surface area contributed by atoms with E-state index in [4.69, 9.17) is 0 Å². The Balaban J connectivity index is 2.83. The first-order valence-electron chi connectivity index (χ1n) is 11.9. The van der Waals surface area contributed by atoms with Gasteiger partial charge in [0.2, 0.25) is 0 Å². The van der Waals surface area contributed by atoms with Crippen molar-refractivity contribution in [3.05, 3.63) is 58.7 Å². The summed E-state index contributed by atoms with van der Waals surface area (Å²) in [6.45, 7) is 17.4. The normalized spacial score (nSPS) is 15.8. The maximum Gasteiger partial charge on any atom is 0.123 e. The van der Waals surface area contributed by atoms with Gasteiger partial charge in [-0.05, 0) is 67.1 Å². The molecule has 0 spiro atoms. The molecule has 3 atom stereocenters. The highest BCUT2D eigenvalue weighted by Crippen LogP contribution is 2.54. The molecule has 0 aliphatic carbocycles. The lowest BCUT2D eigenvalue weighted by Gasteiger charge is -2.38. The van der Waals surface area contributed by atoms with Gasteiger partial charge in [0.05, 0.1) is 6.10 Å². The molecule has 3 unspecified atom stereocenters. The molecule has 2 aromatic rings. The molecule has 2 nitrogen and oxygen atoms in total. The van der Waals surface area contributed by atoms with E-state index in [9.17, 15) is 10.2 Å². The molecule has 32 heavy (non-hydrogen) atoms. The summed E-state index contributed by atoms with van der Waals surface area (Å²) in [6, 6.07) is 12.7. The first-order valence-corrected chi connectivity index (χ1v) is 14.0. The molecule has 0 bridgehead atoms. The molecule has 0 heterocycles. The van der Waals surface area contributed by atoms with Crippen molar-refractivity contribution in [2.45, 2.75) is 101 Å². The zero-order valence-electron chi connectivity index (χ0n) is 21.1. The van der Waals surface area contributed by atoms with E-state index in [0.717, 1.165) is 42.4 Å². The number of unbranched alkanes of at least 4 members (excludes halogenated alkanes) is 1. The fraction of sp³-hybridized carbons (Fsp3) is 0.571. The summed E-state index contributed by atoms with van der Waals surface area (Å²) >= 11 is 2.51. The van der Waals surface area contributed by atoms with Crippen LogP contribution in [0, 0.1) is 0 Å². The zero-order chi connectivity index (χ0) is 24.3. The molecule has 4 heteroatoms. The maximum absolute atomic E-state index is 11.7. The molecule has 0 fully saturated rings. The van der Waals surface area contributed by atoms with Gasteiger partial charge in [-0.3, -0.25) is 0 Å². The molecule has 0 saturated heterocycles. The number of halogens is 1. The van der Waals surface area contributed by atoms with Gasteiger partial charge in [-0.25, -0.2) is 0 Å².